The van der Waals surface area contributed by atoms with Crippen LogP contribution in [0.25, 0.3) is 0 Å². The van der Waals surface area contributed by atoms with Crippen LogP contribution in [0.1, 0.15) is 32.3 Å². The fraction of sp³-hybridized carbons (Fsp3) is 0.435. The summed E-state index contributed by atoms with van der Waals surface area (Å²) in [5, 5.41) is 2.43. The summed E-state index contributed by atoms with van der Waals surface area (Å²) in [5.41, 5.74) is 2.63. The van der Waals surface area contributed by atoms with E-state index in [1.165, 1.54) is 0 Å². The molecular formula is C23H30N2O4S. The van der Waals surface area contributed by atoms with E-state index in [0.717, 1.165) is 42.9 Å². The third-order valence-electron chi connectivity index (χ3n) is 5.46. The lowest BCUT2D eigenvalue weighted by atomic mass is 10.1. The van der Waals surface area contributed by atoms with Crippen molar-refractivity contribution < 1.29 is 17.9 Å². The number of nitrogens with zero attached hydrogens (tertiary/aromatic N) is 1. The van der Waals surface area contributed by atoms with Gasteiger partial charge in [0, 0.05) is 31.6 Å². The standard InChI is InChI=1S/C23H30N2O4S/c1-17(2)30(27,28)22-12-6-18(7-13-22)15-23(26)24-19-8-10-20(11-9-19)25-14-4-5-21(16-25)29-3/h6-13,17,21H,4-5,14-16H2,1-3H3,(H,24,26). The van der Waals surface area contributed by atoms with Gasteiger partial charge in [0.05, 0.1) is 22.7 Å². The van der Waals surface area contributed by atoms with Gasteiger partial charge in [-0.25, -0.2) is 8.42 Å². The van der Waals surface area contributed by atoms with Gasteiger partial charge in [0.25, 0.3) is 0 Å². The molecule has 1 unspecified atom stereocenters. The molecule has 162 valence electrons. The molecule has 0 aliphatic carbocycles. The Morgan fingerprint density at radius 2 is 1.80 bits per heavy atom. The van der Waals surface area contributed by atoms with Gasteiger partial charge < -0.3 is 15.0 Å². The van der Waals surface area contributed by atoms with Crippen LogP contribution in [-0.4, -0.2) is 45.9 Å². The highest BCUT2D eigenvalue weighted by Gasteiger charge is 2.20. The number of hydrogen-bond acceptors (Lipinski definition) is 5. The number of carbonyl (C=O) groups excluding carboxylic acids is 1. The van der Waals surface area contributed by atoms with E-state index in [-0.39, 0.29) is 23.3 Å². The molecule has 1 fully saturated rings. The number of nitrogens with one attached hydrogen (secondary N) is 1. The normalized spacial score (nSPS) is 17.2. The highest BCUT2D eigenvalue weighted by molar-refractivity contribution is 7.92. The smallest absolute Gasteiger partial charge is 0.228 e. The summed E-state index contributed by atoms with van der Waals surface area (Å²) >= 11 is 0. The van der Waals surface area contributed by atoms with Gasteiger partial charge in [-0.05, 0) is 68.7 Å². The fourth-order valence-electron chi connectivity index (χ4n) is 3.58. The number of ether oxygens (including phenoxy) is 1. The minimum Gasteiger partial charge on any atom is -0.380 e. The van der Waals surface area contributed by atoms with Crippen molar-refractivity contribution in [3.05, 3.63) is 54.1 Å². The molecule has 7 heteroatoms. The maximum absolute atomic E-state index is 12.4. The quantitative estimate of drug-likeness (QED) is 0.725. The lowest BCUT2D eigenvalue weighted by Gasteiger charge is -2.33. The Kier molecular flexibility index (Phi) is 7.15. The van der Waals surface area contributed by atoms with Crippen LogP contribution in [0.4, 0.5) is 11.4 Å². The first-order valence-electron chi connectivity index (χ1n) is 10.3. The fourth-order valence-corrected chi connectivity index (χ4v) is 4.64. The van der Waals surface area contributed by atoms with Crippen molar-refractivity contribution in [1.29, 1.82) is 0 Å². The van der Waals surface area contributed by atoms with Gasteiger partial charge in [0.1, 0.15) is 0 Å². The molecule has 1 atom stereocenters. The Hall–Kier alpha value is -2.38. The van der Waals surface area contributed by atoms with E-state index in [0.29, 0.717) is 0 Å². The maximum Gasteiger partial charge on any atom is 0.228 e. The lowest BCUT2D eigenvalue weighted by Crippen LogP contribution is -2.39. The van der Waals surface area contributed by atoms with Crippen molar-refractivity contribution >= 4 is 27.1 Å². The molecule has 3 rings (SSSR count). The Bertz CT molecular complexity index is 954. The first-order valence-corrected chi connectivity index (χ1v) is 11.8. The summed E-state index contributed by atoms with van der Waals surface area (Å²) in [6.07, 6.45) is 2.64. The highest BCUT2D eigenvalue weighted by Crippen LogP contribution is 2.23. The maximum atomic E-state index is 12.4. The second-order valence-electron chi connectivity index (χ2n) is 7.96. The molecule has 1 amide bonds. The summed E-state index contributed by atoms with van der Waals surface area (Å²) in [6, 6.07) is 14.4. The molecule has 0 spiro atoms. The van der Waals surface area contributed by atoms with Crippen LogP contribution in [0.15, 0.2) is 53.4 Å². The zero-order valence-electron chi connectivity index (χ0n) is 17.8. The number of sulfone groups is 1. The number of carbonyl (C=O) groups is 1. The second-order valence-corrected chi connectivity index (χ2v) is 10.5. The van der Waals surface area contributed by atoms with Crippen LogP contribution < -0.4 is 10.2 Å². The number of rotatable bonds is 7. The van der Waals surface area contributed by atoms with E-state index in [1.54, 1.807) is 45.2 Å². The van der Waals surface area contributed by atoms with Gasteiger partial charge in [0.2, 0.25) is 5.91 Å². The topological polar surface area (TPSA) is 75.7 Å². The van der Waals surface area contributed by atoms with Gasteiger partial charge in [-0.15, -0.1) is 0 Å². The summed E-state index contributed by atoms with van der Waals surface area (Å²) < 4.78 is 29.9. The summed E-state index contributed by atoms with van der Waals surface area (Å²) in [4.78, 5) is 15.0. The Morgan fingerprint density at radius 3 is 2.40 bits per heavy atom. The summed E-state index contributed by atoms with van der Waals surface area (Å²) in [7, 11) is -1.55. The van der Waals surface area contributed by atoms with Crippen molar-refractivity contribution in [3.8, 4) is 0 Å². The van der Waals surface area contributed by atoms with Crippen LogP contribution >= 0.6 is 0 Å². The van der Waals surface area contributed by atoms with Crippen molar-refractivity contribution in [3.63, 3.8) is 0 Å². The Labute approximate surface area is 179 Å². The molecule has 1 aliphatic heterocycles. The molecule has 2 aromatic carbocycles. The molecule has 1 heterocycles. The van der Waals surface area contributed by atoms with E-state index in [4.69, 9.17) is 4.74 Å². The average Bonchev–Trinajstić information content (AvgIpc) is 2.74. The zero-order chi connectivity index (χ0) is 21.7. The lowest BCUT2D eigenvalue weighted by molar-refractivity contribution is -0.115. The largest absolute Gasteiger partial charge is 0.380 e. The van der Waals surface area contributed by atoms with Crippen molar-refractivity contribution in [2.24, 2.45) is 0 Å². The Balaban J connectivity index is 1.57. The van der Waals surface area contributed by atoms with Crippen molar-refractivity contribution in [1.82, 2.24) is 0 Å². The van der Waals surface area contributed by atoms with E-state index in [2.05, 4.69) is 10.2 Å². The monoisotopic (exact) mass is 430 g/mol. The minimum atomic E-state index is -3.30. The molecule has 1 N–H and O–H groups in total. The average molecular weight is 431 g/mol. The molecule has 0 saturated carbocycles. The van der Waals surface area contributed by atoms with Crippen molar-refractivity contribution in [2.75, 3.05) is 30.4 Å². The van der Waals surface area contributed by atoms with Gasteiger partial charge >= 0.3 is 0 Å². The van der Waals surface area contributed by atoms with Crippen LogP contribution in [0.2, 0.25) is 0 Å². The highest BCUT2D eigenvalue weighted by atomic mass is 32.2. The number of hydrogen-bond donors (Lipinski definition) is 1. The third-order valence-corrected chi connectivity index (χ3v) is 7.64. The van der Waals surface area contributed by atoms with E-state index >= 15 is 0 Å². The molecule has 30 heavy (non-hydrogen) atoms. The number of piperidine rings is 1. The number of methoxy groups -OCH3 is 1. The van der Waals surface area contributed by atoms with Gasteiger partial charge in [0.15, 0.2) is 9.84 Å². The van der Waals surface area contributed by atoms with E-state index < -0.39 is 15.1 Å². The first kappa shape index (κ1) is 22.3. The predicted molar refractivity (Wildman–Crippen MR) is 120 cm³/mol. The molecule has 1 saturated heterocycles. The zero-order valence-corrected chi connectivity index (χ0v) is 18.6. The number of benzene rings is 2. The Morgan fingerprint density at radius 1 is 1.13 bits per heavy atom. The van der Waals surface area contributed by atoms with E-state index in [1.807, 2.05) is 24.3 Å². The third kappa shape index (κ3) is 5.40. The van der Waals surface area contributed by atoms with Crippen LogP contribution in [0.5, 0.6) is 0 Å². The van der Waals surface area contributed by atoms with Crippen molar-refractivity contribution in [2.45, 2.75) is 49.4 Å². The van der Waals surface area contributed by atoms with Gasteiger partial charge in [-0.2, -0.15) is 0 Å². The van der Waals surface area contributed by atoms with Crippen LogP contribution in [-0.2, 0) is 25.8 Å². The molecule has 1 aliphatic rings. The molecule has 0 aromatic heterocycles. The molecule has 0 bridgehead atoms. The SMILES string of the molecule is COC1CCCN(c2ccc(NC(=O)Cc3ccc(S(=O)(=O)C(C)C)cc3)cc2)C1. The minimum absolute atomic E-state index is 0.139. The molecular weight excluding hydrogens is 400 g/mol. The second kappa shape index (κ2) is 9.62. The molecule has 6 nitrogen and oxygen atoms in total. The predicted octanol–water partition coefficient (Wildman–Crippen LogP) is 3.67. The van der Waals surface area contributed by atoms with Gasteiger partial charge in [-0.3, -0.25) is 4.79 Å². The molecule has 2 aromatic rings. The summed E-state index contributed by atoms with van der Waals surface area (Å²) in [5.74, 6) is -0.139. The summed E-state index contributed by atoms with van der Waals surface area (Å²) in [6.45, 7) is 5.20. The van der Waals surface area contributed by atoms with E-state index in [9.17, 15) is 13.2 Å². The number of amides is 1. The molecule has 0 radical (unpaired) electrons. The van der Waals surface area contributed by atoms with Gasteiger partial charge in [-0.1, -0.05) is 12.1 Å². The van der Waals surface area contributed by atoms with Crippen LogP contribution in [0.3, 0.4) is 0 Å². The van der Waals surface area contributed by atoms with Crippen LogP contribution in [0, 0.1) is 0 Å². The number of anilines is 2. The first-order chi connectivity index (χ1) is 14.3.